The molecule has 3 aliphatic rings. The Labute approximate surface area is 148 Å². The van der Waals surface area contributed by atoms with E-state index < -0.39 is 0 Å². The number of ether oxygens (including phenoxy) is 1. The zero-order valence-corrected chi connectivity index (χ0v) is 15.6. The van der Waals surface area contributed by atoms with Gasteiger partial charge in [-0.15, -0.1) is 11.3 Å². The maximum absolute atomic E-state index is 12.6. The van der Waals surface area contributed by atoms with E-state index in [4.69, 9.17) is 4.74 Å². The fourth-order valence-corrected chi connectivity index (χ4v) is 5.59. The maximum Gasteiger partial charge on any atom is 0.263 e. The number of nitrogens with zero attached hydrogens (tertiary/aromatic N) is 2. The molecular weight excluding hydrogens is 320 g/mol. The van der Waals surface area contributed by atoms with Crippen molar-refractivity contribution in [1.29, 1.82) is 0 Å². The number of thiophene rings is 1. The van der Waals surface area contributed by atoms with Gasteiger partial charge in [0, 0.05) is 39.3 Å². The number of hydrogen-bond acceptors (Lipinski definition) is 4. The summed E-state index contributed by atoms with van der Waals surface area (Å²) in [6.45, 7) is 10.6. The van der Waals surface area contributed by atoms with Crippen LogP contribution >= 0.6 is 11.3 Å². The van der Waals surface area contributed by atoms with Crippen LogP contribution < -0.4 is 0 Å². The Morgan fingerprint density at radius 3 is 2.67 bits per heavy atom. The van der Waals surface area contributed by atoms with Crippen molar-refractivity contribution < 1.29 is 9.53 Å². The zero-order valence-electron chi connectivity index (χ0n) is 14.7. The van der Waals surface area contributed by atoms with Gasteiger partial charge in [-0.3, -0.25) is 4.79 Å². The van der Waals surface area contributed by atoms with E-state index in [9.17, 15) is 4.79 Å². The molecule has 4 nitrogen and oxygen atoms in total. The Hall–Kier alpha value is -0.910. The van der Waals surface area contributed by atoms with Gasteiger partial charge in [-0.2, -0.15) is 0 Å². The normalized spacial score (nSPS) is 33.8. The lowest BCUT2D eigenvalue weighted by Gasteiger charge is -2.31. The molecule has 1 aromatic heterocycles. The van der Waals surface area contributed by atoms with E-state index >= 15 is 0 Å². The summed E-state index contributed by atoms with van der Waals surface area (Å²) < 4.78 is 5.67. The molecule has 3 saturated heterocycles. The molecule has 24 heavy (non-hydrogen) atoms. The fourth-order valence-electron chi connectivity index (χ4n) is 4.73. The minimum absolute atomic E-state index is 0.243. The van der Waals surface area contributed by atoms with Crippen LogP contribution in [-0.2, 0) is 4.74 Å². The van der Waals surface area contributed by atoms with E-state index in [1.54, 1.807) is 11.3 Å². The van der Waals surface area contributed by atoms with Crippen LogP contribution in [0.1, 0.15) is 35.0 Å². The third-order valence-electron chi connectivity index (χ3n) is 5.90. The minimum atomic E-state index is 0.243. The summed E-state index contributed by atoms with van der Waals surface area (Å²) in [6.07, 6.45) is 2.83. The number of hydrogen-bond donors (Lipinski definition) is 0. The molecule has 5 heteroatoms. The molecule has 0 aliphatic carbocycles. The molecule has 0 aromatic carbocycles. The molecule has 4 rings (SSSR count). The lowest BCUT2D eigenvalue weighted by molar-refractivity contribution is -0.00461. The number of aryl methyl sites for hydroxylation is 1. The second-order valence-electron chi connectivity index (χ2n) is 8.01. The number of carbonyl (C=O) groups excluding carboxylic acids is 1. The lowest BCUT2D eigenvalue weighted by atomic mass is 9.96. The van der Waals surface area contributed by atoms with Gasteiger partial charge in [0.2, 0.25) is 0 Å². The van der Waals surface area contributed by atoms with Gasteiger partial charge in [-0.25, -0.2) is 0 Å². The first-order valence-electron chi connectivity index (χ1n) is 9.27. The van der Waals surface area contributed by atoms with Crippen LogP contribution in [-0.4, -0.2) is 61.1 Å². The average molecular weight is 349 g/mol. The summed E-state index contributed by atoms with van der Waals surface area (Å²) in [4.78, 5) is 18.3. The quantitative estimate of drug-likeness (QED) is 0.842. The highest BCUT2D eigenvalue weighted by molar-refractivity contribution is 7.12. The van der Waals surface area contributed by atoms with Gasteiger partial charge < -0.3 is 14.5 Å². The fraction of sp³-hybridized carbons (Fsp3) is 0.737. The van der Waals surface area contributed by atoms with Gasteiger partial charge in [0.25, 0.3) is 5.91 Å². The molecule has 1 aromatic rings. The van der Waals surface area contributed by atoms with E-state index in [1.165, 1.54) is 38.0 Å². The van der Waals surface area contributed by atoms with Gasteiger partial charge >= 0.3 is 0 Å². The number of carbonyl (C=O) groups is 1. The van der Waals surface area contributed by atoms with Gasteiger partial charge in [0.05, 0.1) is 11.0 Å². The van der Waals surface area contributed by atoms with Gasteiger partial charge in [0.15, 0.2) is 0 Å². The number of rotatable bonds is 3. The second kappa shape index (κ2) is 6.77. The zero-order chi connectivity index (χ0) is 16.7. The van der Waals surface area contributed by atoms with Crippen molar-refractivity contribution in [3.05, 3.63) is 21.9 Å². The molecule has 0 N–H and O–H groups in total. The summed E-state index contributed by atoms with van der Waals surface area (Å²) in [5, 5.41) is 2.07. The minimum Gasteiger partial charge on any atom is -0.378 e. The predicted octanol–water partition coefficient (Wildman–Crippen LogP) is 2.88. The van der Waals surface area contributed by atoms with Crippen LogP contribution in [0.3, 0.4) is 0 Å². The highest BCUT2D eigenvalue weighted by atomic mass is 32.1. The first-order valence-corrected chi connectivity index (χ1v) is 10.1. The number of likely N-dealkylation sites (tertiary alicyclic amines) is 2. The Bertz CT molecular complexity index is 588. The van der Waals surface area contributed by atoms with Crippen molar-refractivity contribution in [1.82, 2.24) is 9.80 Å². The van der Waals surface area contributed by atoms with Crippen molar-refractivity contribution in [3.63, 3.8) is 0 Å². The third-order valence-corrected chi connectivity index (χ3v) is 6.94. The van der Waals surface area contributed by atoms with Crippen LogP contribution in [0.15, 0.2) is 11.4 Å². The Morgan fingerprint density at radius 2 is 2.04 bits per heavy atom. The van der Waals surface area contributed by atoms with Gasteiger partial charge in [-0.1, -0.05) is 0 Å². The molecule has 4 atom stereocenters. The first kappa shape index (κ1) is 16.6. The van der Waals surface area contributed by atoms with E-state index in [-0.39, 0.29) is 5.91 Å². The summed E-state index contributed by atoms with van der Waals surface area (Å²) in [7, 11) is 0. The second-order valence-corrected chi connectivity index (χ2v) is 8.92. The van der Waals surface area contributed by atoms with Crippen LogP contribution in [0.4, 0.5) is 0 Å². The molecular formula is C19H28N2O2S. The van der Waals surface area contributed by atoms with Crippen LogP contribution in [0, 0.1) is 24.7 Å². The molecule has 132 valence electrons. The number of fused-ring (bicyclic) bond motifs is 1. The van der Waals surface area contributed by atoms with Crippen LogP contribution in [0.5, 0.6) is 0 Å². The smallest absolute Gasteiger partial charge is 0.263 e. The highest BCUT2D eigenvalue weighted by Crippen LogP contribution is 2.34. The Balaban J connectivity index is 1.29. The first-order chi connectivity index (χ1) is 11.6. The molecule has 0 radical (unpaired) electrons. The van der Waals surface area contributed by atoms with E-state index in [0.29, 0.717) is 17.9 Å². The third kappa shape index (κ3) is 3.39. The lowest BCUT2D eigenvalue weighted by Crippen LogP contribution is -2.36. The molecule has 4 heterocycles. The van der Waals surface area contributed by atoms with Crippen LogP contribution in [0.2, 0.25) is 0 Å². The van der Waals surface area contributed by atoms with Crippen molar-refractivity contribution >= 4 is 17.2 Å². The molecule has 0 bridgehead atoms. The van der Waals surface area contributed by atoms with Gasteiger partial charge in [-0.05, 0) is 61.5 Å². The summed E-state index contributed by atoms with van der Waals surface area (Å²) >= 11 is 1.58. The summed E-state index contributed by atoms with van der Waals surface area (Å²) in [5.74, 6) is 2.38. The van der Waals surface area contributed by atoms with Crippen molar-refractivity contribution in [3.8, 4) is 0 Å². The molecule has 1 amide bonds. The Kier molecular flexibility index (Phi) is 4.67. The SMILES string of the molecule is Cc1csc(C(=O)N2C[C@H]3CN(CC4CCOC(C)C4)C[C@H]3C2)c1. The van der Waals surface area contributed by atoms with Gasteiger partial charge in [0.1, 0.15) is 0 Å². The molecule has 3 aliphatic heterocycles. The Morgan fingerprint density at radius 1 is 1.29 bits per heavy atom. The van der Waals surface area contributed by atoms with E-state index in [0.717, 1.165) is 30.5 Å². The molecule has 0 spiro atoms. The van der Waals surface area contributed by atoms with Crippen LogP contribution in [0.25, 0.3) is 0 Å². The monoisotopic (exact) mass is 348 g/mol. The standard InChI is InChI=1S/C19H28N2O2S/c1-13-5-18(24-12-13)19(22)21-10-16-8-20(9-17(16)11-21)7-15-3-4-23-14(2)6-15/h5,12,14-17H,3-4,6-11H2,1-2H3/t14?,15?,16-,17+. The molecule has 3 fully saturated rings. The van der Waals surface area contributed by atoms with Crippen molar-refractivity contribution in [2.24, 2.45) is 17.8 Å². The summed E-state index contributed by atoms with van der Waals surface area (Å²) in [5.41, 5.74) is 1.19. The average Bonchev–Trinajstić information content (AvgIpc) is 3.21. The maximum atomic E-state index is 12.6. The summed E-state index contributed by atoms with van der Waals surface area (Å²) in [6, 6.07) is 2.03. The van der Waals surface area contributed by atoms with E-state index in [2.05, 4.69) is 29.0 Å². The molecule has 0 saturated carbocycles. The largest absolute Gasteiger partial charge is 0.378 e. The predicted molar refractivity (Wildman–Crippen MR) is 96.5 cm³/mol. The molecule has 2 unspecified atom stereocenters. The highest BCUT2D eigenvalue weighted by Gasteiger charge is 2.42. The number of amides is 1. The van der Waals surface area contributed by atoms with E-state index in [1.807, 2.05) is 6.07 Å². The van der Waals surface area contributed by atoms with Crippen molar-refractivity contribution in [2.75, 3.05) is 39.3 Å². The topological polar surface area (TPSA) is 32.8 Å². The van der Waals surface area contributed by atoms with Crippen molar-refractivity contribution in [2.45, 2.75) is 32.8 Å².